The monoisotopic (exact) mass is 320 g/mol. The van der Waals surface area contributed by atoms with Crippen molar-refractivity contribution >= 4 is 5.82 Å². The first kappa shape index (κ1) is 13.9. The summed E-state index contributed by atoms with van der Waals surface area (Å²) in [5, 5.41) is 0. The minimum absolute atomic E-state index is 0. The third-order valence-corrected chi connectivity index (χ3v) is 3.38. The fourth-order valence-corrected chi connectivity index (χ4v) is 2.40. The number of rotatable bonds is 3. The first-order valence-electron chi connectivity index (χ1n) is 6.23. The van der Waals surface area contributed by atoms with Gasteiger partial charge in [0.25, 0.3) is 5.82 Å². The molecule has 19 heavy (non-hydrogen) atoms. The maximum absolute atomic E-state index is 5.18. The number of aromatic nitrogens is 1. The fourth-order valence-electron chi connectivity index (χ4n) is 2.40. The van der Waals surface area contributed by atoms with Crippen molar-refractivity contribution < 1.29 is 26.3 Å². The topological polar surface area (TPSA) is 16.4 Å². The zero-order valence-electron chi connectivity index (χ0n) is 10.9. The summed E-state index contributed by atoms with van der Waals surface area (Å²) in [6.45, 7) is 3.11. The predicted molar refractivity (Wildman–Crippen MR) is 70.7 cm³/mol. The molecule has 0 aliphatic carbocycles. The Labute approximate surface area is 124 Å². The Kier molecular flexibility index (Phi) is 4.43. The lowest BCUT2D eigenvalue weighted by Crippen LogP contribution is -3.00. The molecule has 0 fully saturated rings. The van der Waals surface area contributed by atoms with Gasteiger partial charge in [0.2, 0.25) is 0 Å². The lowest BCUT2D eigenvalue weighted by atomic mass is 10.2. The average Bonchev–Trinajstić information content (AvgIpc) is 2.83. The standard InChI is InChI=1S/C15H17N2O.BrH/c1-18-14-7-5-13(6-8-14)12-17-11-10-16-9-3-2-4-15(16)17;/h2-9H,10-12H2,1H3;1H/q+1;/p-1. The van der Waals surface area contributed by atoms with Gasteiger partial charge in [-0.25, -0.2) is 4.57 Å². The van der Waals surface area contributed by atoms with E-state index >= 15 is 0 Å². The molecule has 4 heteroatoms. The molecule has 3 nitrogen and oxygen atoms in total. The van der Waals surface area contributed by atoms with Gasteiger partial charge < -0.3 is 21.7 Å². The van der Waals surface area contributed by atoms with Crippen molar-refractivity contribution in [1.82, 2.24) is 0 Å². The van der Waals surface area contributed by atoms with Crippen molar-refractivity contribution in [3.8, 4) is 5.75 Å². The number of ether oxygens (including phenoxy) is 1. The third-order valence-electron chi connectivity index (χ3n) is 3.38. The number of fused-ring (bicyclic) bond motifs is 1. The first-order chi connectivity index (χ1) is 8.86. The Balaban J connectivity index is 0.00000133. The first-order valence-corrected chi connectivity index (χ1v) is 6.23. The van der Waals surface area contributed by atoms with E-state index in [1.165, 1.54) is 11.4 Å². The molecule has 2 heterocycles. The van der Waals surface area contributed by atoms with E-state index in [1.54, 1.807) is 7.11 Å². The van der Waals surface area contributed by atoms with E-state index in [1.807, 2.05) is 12.1 Å². The highest BCUT2D eigenvalue weighted by molar-refractivity contribution is 5.37. The number of pyridine rings is 1. The predicted octanol–water partition coefficient (Wildman–Crippen LogP) is -0.993. The number of anilines is 1. The zero-order chi connectivity index (χ0) is 12.4. The van der Waals surface area contributed by atoms with Gasteiger partial charge >= 0.3 is 0 Å². The summed E-state index contributed by atoms with van der Waals surface area (Å²) >= 11 is 0. The summed E-state index contributed by atoms with van der Waals surface area (Å²) in [7, 11) is 1.70. The summed E-state index contributed by atoms with van der Waals surface area (Å²) in [5.74, 6) is 2.21. The number of hydrogen-bond donors (Lipinski definition) is 0. The molecule has 3 rings (SSSR count). The molecule has 1 aliphatic heterocycles. The van der Waals surface area contributed by atoms with E-state index in [0.717, 1.165) is 25.4 Å². The fraction of sp³-hybridized carbons (Fsp3) is 0.267. The molecule has 0 radical (unpaired) electrons. The highest BCUT2D eigenvalue weighted by atomic mass is 79.9. The second kappa shape index (κ2) is 6.06. The molecule has 0 N–H and O–H groups in total. The third kappa shape index (κ3) is 2.89. The van der Waals surface area contributed by atoms with Crippen LogP contribution in [0.4, 0.5) is 5.82 Å². The normalized spacial score (nSPS) is 12.8. The molecule has 0 saturated carbocycles. The van der Waals surface area contributed by atoms with Crippen molar-refractivity contribution in [3.05, 3.63) is 54.2 Å². The molecule has 0 saturated heterocycles. The van der Waals surface area contributed by atoms with Gasteiger partial charge in [-0.3, -0.25) is 4.90 Å². The van der Waals surface area contributed by atoms with E-state index in [4.69, 9.17) is 4.74 Å². The van der Waals surface area contributed by atoms with Crippen molar-refractivity contribution in [3.63, 3.8) is 0 Å². The van der Waals surface area contributed by atoms with Gasteiger partial charge in [0, 0.05) is 6.07 Å². The van der Waals surface area contributed by atoms with Crippen LogP contribution in [0.1, 0.15) is 5.56 Å². The molecule has 1 aromatic heterocycles. The molecular formula is C15H17BrN2O. The second-order valence-electron chi connectivity index (χ2n) is 4.52. The van der Waals surface area contributed by atoms with E-state index in [-0.39, 0.29) is 17.0 Å². The van der Waals surface area contributed by atoms with Crippen LogP contribution in [-0.2, 0) is 13.1 Å². The molecule has 1 aromatic carbocycles. The van der Waals surface area contributed by atoms with Crippen LogP contribution in [0, 0.1) is 0 Å². The van der Waals surface area contributed by atoms with Gasteiger partial charge in [-0.2, -0.15) is 0 Å². The molecular weight excluding hydrogens is 304 g/mol. The molecule has 0 unspecified atom stereocenters. The highest BCUT2D eigenvalue weighted by Gasteiger charge is 2.26. The van der Waals surface area contributed by atoms with Crippen LogP contribution in [0.3, 0.4) is 0 Å². The second-order valence-corrected chi connectivity index (χ2v) is 4.52. The summed E-state index contributed by atoms with van der Waals surface area (Å²) in [6, 6.07) is 14.7. The Morgan fingerprint density at radius 2 is 1.95 bits per heavy atom. The summed E-state index contributed by atoms with van der Waals surface area (Å²) in [6.07, 6.45) is 2.14. The van der Waals surface area contributed by atoms with Crippen molar-refractivity contribution in [2.75, 3.05) is 18.6 Å². The van der Waals surface area contributed by atoms with Crippen LogP contribution in [0.2, 0.25) is 0 Å². The number of hydrogen-bond acceptors (Lipinski definition) is 2. The van der Waals surface area contributed by atoms with Gasteiger partial charge in [-0.15, -0.1) is 0 Å². The largest absolute Gasteiger partial charge is 1.00 e. The van der Waals surface area contributed by atoms with Crippen LogP contribution < -0.4 is 31.2 Å². The van der Waals surface area contributed by atoms with E-state index in [2.05, 4.69) is 46.0 Å². The molecule has 100 valence electrons. The molecule has 2 aromatic rings. The molecule has 0 spiro atoms. The average molecular weight is 321 g/mol. The maximum atomic E-state index is 5.18. The van der Waals surface area contributed by atoms with Crippen LogP contribution in [0.15, 0.2) is 48.7 Å². The minimum Gasteiger partial charge on any atom is -1.00 e. The Morgan fingerprint density at radius 3 is 2.68 bits per heavy atom. The van der Waals surface area contributed by atoms with Crippen molar-refractivity contribution in [1.29, 1.82) is 0 Å². The molecule has 0 amide bonds. The molecule has 1 aliphatic rings. The minimum atomic E-state index is 0. The van der Waals surface area contributed by atoms with Crippen molar-refractivity contribution in [2.45, 2.75) is 13.1 Å². The molecule has 0 atom stereocenters. The van der Waals surface area contributed by atoms with Gasteiger partial charge in [0.1, 0.15) is 25.4 Å². The van der Waals surface area contributed by atoms with E-state index in [0.29, 0.717) is 0 Å². The molecule has 0 bridgehead atoms. The quantitative estimate of drug-likeness (QED) is 0.675. The lowest BCUT2D eigenvalue weighted by molar-refractivity contribution is -0.671. The lowest BCUT2D eigenvalue weighted by Gasteiger charge is -2.10. The van der Waals surface area contributed by atoms with Crippen molar-refractivity contribution in [2.24, 2.45) is 0 Å². The number of benzene rings is 1. The smallest absolute Gasteiger partial charge is 0.277 e. The van der Waals surface area contributed by atoms with Gasteiger partial charge in [0.15, 0.2) is 0 Å². The van der Waals surface area contributed by atoms with E-state index in [9.17, 15) is 0 Å². The van der Waals surface area contributed by atoms with Crippen LogP contribution in [0.25, 0.3) is 0 Å². The number of halogens is 1. The van der Waals surface area contributed by atoms with Gasteiger partial charge in [-0.1, -0.05) is 18.2 Å². The Morgan fingerprint density at radius 1 is 1.16 bits per heavy atom. The van der Waals surface area contributed by atoms with Crippen LogP contribution in [0.5, 0.6) is 5.75 Å². The Bertz CT molecular complexity index is 542. The Hall–Kier alpha value is -1.55. The highest BCUT2D eigenvalue weighted by Crippen LogP contribution is 2.18. The summed E-state index contributed by atoms with van der Waals surface area (Å²) in [5.41, 5.74) is 1.31. The number of methoxy groups -OCH3 is 1. The maximum Gasteiger partial charge on any atom is 0.277 e. The van der Waals surface area contributed by atoms with Crippen LogP contribution >= 0.6 is 0 Å². The van der Waals surface area contributed by atoms with Gasteiger partial charge in [0.05, 0.1) is 13.3 Å². The SMILES string of the molecule is COc1ccc(CN2CC[n+]3ccccc32)cc1.[Br-]. The summed E-state index contributed by atoms with van der Waals surface area (Å²) < 4.78 is 7.47. The van der Waals surface area contributed by atoms with Crippen LogP contribution in [-0.4, -0.2) is 13.7 Å². The number of nitrogens with zero attached hydrogens (tertiary/aromatic N) is 2. The summed E-state index contributed by atoms with van der Waals surface area (Å²) in [4.78, 5) is 2.40. The van der Waals surface area contributed by atoms with E-state index < -0.39 is 0 Å². The van der Waals surface area contributed by atoms with Gasteiger partial charge in [-0.05, 0) is 23.8 Å². The zero-order valence-corrected chi connectivity index (χ0v) is 12.5.